The molecule has 0 spiro atoms. The molecule has 0 fully saturated rings. The number of hydrogen-bond donors (Lipinski definition) is 0. The number of rotatable bonds is 4. The van der Waals surface area contributed by atoms with Gasteiger partial charge in [0.25, 0.3) is 0 Å². The Morgan fingerprint density at radius 1 is 1.10 bits per heavy atom. The van der Waals surface area contributed by atoms with Crippen molar-refractivity contribution in [1.29, 1.82) is 0 Å². The molecule has 0 aliphatic heterocycles. The predicted octanol–water partition coefficient (Wildman–Crippen LogP) is 4.83. The fraction of sp³-hybridized carbons (Fsp3) is 0.0714. The van der Waals surface area contributed by atoms with Crippen LogP contribution in [0.2, 0.25) is 10.0 Å². The Labute approximate surface area is 123 Å². The SMILES string of the molecule is O=C(c1cccc(OC(F)F)c1)c1ccc(Cl)cc1Cl. The van der Waals surface area contributed by atoms with Crippen molar-refractivity contribution in [3.63, 3.8) is 0 Å². The van der Waals surface area contributed by atoms with Crippen LogP contribution in [0.4, 0.5) is 8.78 Å². The second kappa shape index (κ2) is 6.20. The average Bonchev–Trinajstić information content (AvgIpc) is 2.37. The largest absolute Gasteiger partial charge is 0.435 e. The zero-order chi connectivity index (χ0) is 14.7. The summed E-state index contributed by atoms with van der Waals surface area (Å²) in [6.07, 6.45) is 0. The highest BCUT2D eigenvalue weighted by Crippen LogP contribution is 2.25. The number of ether oxygens (including phenoxy) is 1. The molecule has 0 N–H and O–H groups in total. The van der Waals surface area contributed by atoms with Gasteiger partial charge in [-0.3, -0.25) is 4.79 Å². The molecule has 0 bridgehead atoms. The number of ketones is 1. The highest BCUT2D eigenvalue weighted by atomic mass is 35.5. The summed E-state index contributed by atoms with van der Waals surface area (Å²) in [5.74, 6) is -0.484. The van der Waals surface area contributed by atoms with Crippen LogP contribution in [0.3, 0.4) is 0 Å². The molecule has 2 nitrogen and oxygen atoms in total. The van der Waals surface area contributed by atoms with Crippen LogP contribution in [0.15, 0.2) is 42.5 Å². The lowest BCUT2D eigenvalue weighted by molar-refractivity contribution is -0.0498. The lowest BCUT2D eigenvalue weighted by atomic mass is 10.0. The molecule has 2 aromatic carbocycles. The summed E-state index contributed by atoms with van der Waals surface area (Å²) < 4.78 is 28.5. The van der Waals surface area contributed by atoms with Gasteiger partial charge in [0.05, 0.1) is 5.02 Å². The third-order valence-electron chi connectivity index (χ3n) is 2.50. The number of carbonyl (C=O) groups excluding carboxylic acids is 1. The molecule has 104 valence electrons. The van der Waals surface area contributed by atoms with Gasteiger partial charge in [0.2, 0.25) is 0 Å². The minimum absolute atomic E-state index is 0.0871. The van der Waals surface area contributed by atoms with E-state index in [4.69, 9.17) is 23.2 Å². The van der Waals surface area contributed by atoms with E-state index in [1.807, 2.05) is 0 Å². The zero-order valence-electron chi connectivity index (χ0n) is 9.95. The van der Waals surface area contributed by atoms with Crippen LogP contribution < -0.4 is 4.74 Å². The Bertz CT molecular complexity index is 645. The smallest absolute Gasteiger partial charge is 0.387 e. The van der Waals surface area contributed by atoms with E-state index < -0.39 is 12.4 Å². The van der Waals surface area contributed by atoms with Crippen LogP contribution in [0.25, 0.3) is 0 Å². The number of halogens is 4. The summed E-state index contributed by atoms with van der Waals surface area (Å²) >= 11 is 11.7. The Morgan fingerprint density at radius 3 is 2.50 bits per heavy atom. The summed E-state index contributed by atoms with van der Waals surface area (Å²) in [7, 11) is 0. The van der Waals surface area contributed by atoms with Gasteiger partial charge >= 0.3 is 6.61 Å². The van der Waals surface area contributed by atoms with Crippen molar-refractivity contribution in [2.75, 3.05) is 0 Å². The molecule has 0 aliphatic carbocycles. The Balaban J connectivity index is 2.33. The fourth-order valence-electron chi connectivity index (χ4n) is 1.64. The maximum absolute atomic E-state index is 12.2. The molecule has 0 atom stereocenters. The monoisotopic (exact) mass is 316 g/mol. The zero-order valence-corrected chi connectivity index (χ0v) is 11.5. The lowest BCUT2D eigenvalue weighted by Crippen LogP contribution is -2.05. The maximum atomic E-state index is 12.2. The van der Waals surface area contributed by atoms with E-state index in [1.54, 1.807) is 0 Å². The van der Waals surface area contributed by atoms with Crippen molar-refractivity contribution >= 4 is 29.0 Å². The van der Waals surface area contributed by atoms with Gasteiger partial charge < -0.3 is 4.74 Å². The van der Waals surface area contributed by atoms with Crippen molar-refractivity contribution in [2.24, 2.45) is 0 Å². The van der Waals surface area contributed by atoms with Gasteiger partial charge in [-0.1, -0.05) is 35.3 Å². The van der Waals surface area contributed by atoms with Crippen molar-refractivity contribution in [3.05, 3.63) is 63.6 Å². The summed E-state index contributed by atoms with van der Waals surface area (Å²) in [5.41, 5.74) is 0.442. The van der Waals surface area contributed by atoms with E-state index in [0.29, 0.717) is 5.02 Å². The minimum Gasteiger partial charge on any atom is -0.435 e. The van der Waals surface area contributed by atoms with E-state index in [2.05, 4.69) is 4.74 Å². The molecule has 0 aliphatic rings. The molecule has 2 aromatic rings. The summed E-state index contributed by atoms with van der Waals surface area (Å²) in [6, 6.07) is 9.97. The third-order valence-corrected chi connectivity index (χ3v) is 3.04. The van der Waals surface area contributed by atoms with Crippen molar-refractivity contribution in [2.45, 2.75) is 6.61 Å². The van der Waals surface area contributed by atoms with Gasteiger partial charge in [-0.05, 0) is 30.3 Å². The maximum Gasteiger partial charge on any atom is 0.387 e. The van der Waals surface area contributed by atoms with E-state index in [9.17, 15) is 13.6 Å². The van der Waals surface area contributed by atoms with Crippen molar-refractivity contribution < 1.29 is 18.3 Å². The van der Waals surface area contributed by atoms with Gasteiger partial charge in [0.15, 0.2) is 5.78 Å². The molecule has 0 heterocycles. The molecule has 2 rings (SSSR count). The second-order valence-corrected chi connectivity index (χ2v) is 4.70. The first-order valence-corrected chi connectivity index (χ1v) is 6.27. The van der Waals surface area contributed by atoms with Crippen LogP contribution in [-0.4, -0.2) is 12.4 Å². The molecule has 0 aromatic heterocycles. The summed E-state index contributed by atoms with van der Waals surface area (Å²) in [4.78, 5) is 12.2. The van der Waals surface area contributed by atoms with Gasteiger partial charge in [0.1, 0.15) is 5.75 Å². The molecular weight excluding hydrogens is 309 g/mol. The van der Waals surface area contributed by atoms with Crippen LogP contribution >= 0.6 is 23.2 Å². The van der Waals surface area contributed by atoms with E-state index in [1.165, 1.54) is 42.5 Å². The standard InChI is InChI=1S/C14H8Cl2F2O2/c15-9-4-5-11(12(16)7-9)13(19)8-2-1-3-10(6-8)20-14(17)18/h1-7,14H. The van der Waals surface area contributed by atoms with Crippen LogP contribution in [0, 0.1) is 0 Å². The number of carbonyl (C=O) groups is 1. The molecule has 6 heteroatoms. The number of alkyl halides is 2. The molecule has 0 amide bonds. The molecule has 20 heavy (non-hydrogen) atoms. The normalized spacial score (nSPS) is 10.7. The van der Waals surface area contributed by atoms with Gasteiger partial charge in [-0.2, -0.15) is 8.78 Å². The minimum atomic E-state index is -2.94. The fourth-order valence-corrected chi connectivity index (χ4v) is 2.14. The van der Waals surface area contributed by atoms with E-state index in [-0.39, 0.29) is 21.9 Å². The first kappa shape index (κ1) is 14.8. The predicted molar refractivity (Wildman–Crippen MR) is 73.0 cm³/mol. The van der Waals surface area contributed by atoms with Crippen molar-refractivity contribution in [3.8, 4) is 5.75 Å². The Hall–Kier alpha value is -1.65. The van der Waals surface area contributed by atoms with Crippen LogP contribution in [0.5, 0.6) is 5.75 Å². The van der Waals surface area contributed by atoms with Crippen LogP contribution in [-0.2, 0) is 0 Å². The first-order chi connectivity index (χ1) is 9.47. The Morgan fingerprint density at radius 2 is 1.85 bits per heavy atom. The van der Waals surface area contributed by atoms with Gasteiger partial charge in [-0.15, -0.1) is 0 Å². The van der Waals surface area contributed by atoms with Gasteiger partial charge in [0, 0.05) is 16.1 Å². The van der Waals surface area contributed by atoms with Gasteiger partial charge in [-0.25, -0.2) is 0 Å². The Kier molecular flexibility index (Phi) is 4.57. The number of hydrogen-bond acceptors (Lipinski definition) is 2. The number of benzene rings is 2. The van der Waals surface area contributed by atoms with E-state index in [0.717, 1.165) is 0 Å². The molecule has 0 saturated carbocycles. The van der Waals surface area contributed by atoms with E-state index >= 15 is 0 Å². The van der Waals surface area contributed by atoms with Crippen LogP contribution in [0.1, 0.15) is 15.9 Å². The summed E-state index contributed by atoms with van der Waals surface area (Å²) in [5, 5.41) is 0.601. The molecule has 0 radical (unpaired) electrons. The average molecular weight is 317 g/mol. The molecular formula is C14H8Cl2F2O2. The second-order valence-electron chi connectivity index (χ2n) is 3.86. The summed E-state index contributed by atoms with van der Waals surface area (Å²) in [6.45, 7) is -2.94. The topological polar surface area (TPSA) is 26.3 Å². The highest BCUT2D eigenvalue weighted by Gasteiger charge is 2.14. The van der Waals surface area contributed by atoms with Crippen molar-refractivity contribution in [1.82, 2.24) is 0 Å². The molecule has 0 unspecified atom stereocenters. The highest BCUT2D eigenvalue weighted by molar-refractivity contribution is 6.37. The molecule has 0 saturated heterocycles. The third kappa shape index (κ3) is 3.46. The lowest BCUT2D eigenvalue weighted by Gasteiger charge is -2.07. The quantitative estimate of drug-likeness (QED) is 0.755. The first-order valence-electron chi connectivity index (χ1n) is 5.52.